The molecule has 0 unspecified atom stereocenters. The van der Waals surface area contributed by atoms with Gasteiger partial charge >= 0.3 is 0 Å². The molecule has 7 heteroatoms. The number of fused-ring (bicyclic) bond motifs is 5. The zero-order valence-electron chi connectivity index (χ0n) is 24.2. The van der Waals surface area contributed by atoms with E-state index in [1.165, 1.54) is 11.1 Å². The summed E-state index contributed by atoms with van der Waals surface area (Å²) in [7, 11) is -0.396. The van der Waals surface area contributed by atoms with Gasteiger partial charge in [0.05, 0.1) is 30.1 Å². The molecule has 6 nitrogen and oxygen atoms in total. The molecular weight excluding hydrogens is 510 g/mol. The van der Waals surface area contributed by atoms with Crippen molar-refractivity contribution in [1.29, 1.82) is 0 Å². The van der Waals surface area contributed by atoms with Gasteiger partial charge in [0, 0.05) is 12.5 Å². The number of methoxy groups -OCH3 is 2. The Kier molecular flexibility index (Phi) is 7.62. The van der Waals surface area contributed by atoms with Crippen molar-refractivity contribution in [2.75, 3.05) is 14.2 Å². The van der Waals surface area contributed by atoms with Gasteiger partial charge < -0.3 is 14.2 Å². The van der Waals surface area contributed by atoms with Crippen LogP contribution in [0.25, 0.3) is 0 Å². The zero-order valence-corrected chi connectivity index (χ0v) is 25.0. The normalized spacial score (nSPS) is 30.4. The van der Waals surface area contributed by atoms with Gasteiger partial charge in [-0.05, 0) is 112 Å². The van der Waals surface area contributed by atoms with E-state index < -0.39 is 15.6 Å². The van der Waals surface area contributed by atoms with E-state index in [4.69, 9.17) is 14.2 Å². The second-order valence-electron chi connectivity index (χ2n) is 12.3. The van der Waals surface area contributed by atoms with E-state index >= 15 is 0 Å². The van der Waals surface area contributed by atoms with E-state index in [1.807, 2.05) is 20.8 Å². The van der Waals surface area contributed by atoms with Crippen molar-refractivity contribution in [3.63, 3.8) is 0 Å². The standard InChI is InChI=1S/C32H43NO5S/c1-21(2)38-30(33-39(34,35)25-11-7-22(3)8-12-25)20-32(37-6)18-16-29-28-13-9-23-19-24(36-5)10-14-26(23)27(28)15-17-31(29,32)4/h7-8,10-12,14,19,21,27-29H,9,13,15-18,20H2,1-6H3/b33-30+/t27-,28-,29+,31+,32-/m1/s1. The van der Waals surface area contributed by atoms with Crippen LogP contribution in [0, 0.1) is 24.2 Å². The third kappa shape index (κ3) is 5.01. The molecular formula is C32H43NO5S. The molecule has 5 atom stereocenters. The van der Waals surface area contributed by atoms with Gasteiger partial charge in [-0.3, -0.25) is 0 Å². The van der Waals surface area contributed by atoms with E-state index in [0.717, 1.165) is 49.8 Å². The minimum atomic E-state index is -3.91. The first-order valence-electron chi connectivity index (χ1n) is 14.3. The lowest BCUT2D eigenvalue weighted by atomic mass is 9.53. The number of aryl methyl sites for hydroxylation is 2. The molecule has 2 aromatic carbocycles. The van der Waals surface area contributed by atoms with E-state index in [0.29, 0.717) is 24.2 Å². The Morgan fingerprint density at radius 3 is 2.46 bits per heavy atom. The molecule has 39 heavy (non-hydrogen) atoms. The SMILES string of the molecule is COc1ccc2c(c1)CC[C@@H]1[C@@H]2CC[C@@]2(C)[C@H]1CC[C@]2(C/C(=N\S(=O)(=O)c1ccc(C)cc1)OC(C)C)OC. The molecule has 0 saturated heterocycles. The molecule has 0 bridgehead atoms. The quantitative estimate of drug-likeness (QED) is 0.277. The van der Waals surface area contributed by atoms with Crippen LogP contribution in [0.4, 0.5) is 0 Å². The summed E-state index contributed by atoms with van der Waals surface area (Å²) in [5, 5.41) is 0. The predicted octanol–water partition coefficient (Wildman–Crippen LogP) is 6.85. The fourth-order valence-electron chi connectivity index (χ4n) is 7.98. The number of ether oxygens (including phenoxy) is 3. The Labute approximate surface area is 234 Å². The van der Waals surface area contributed by atoms with Gasteiger partial charge in [0.25, 0.3) is 10.0 Å². The van der Waals surface area contributed by atoms with Gasteiger partial charge in [-0.15, -0.1) is 4.40 Å². The van der Waals surface area contributed by atoms with Crippen LogP contribution >= 0.6 is 0 Å². The summed E-state index contributed by atoms with van der Waals surface area (Å²) in [6, 6.07) is 13.4. The van der Waals surface area contributed by atoms with Gasteiger partial charge in [-0.1, -0.05) is 30.7 Å². The predicted molar refractivity (Wildman–Crippen MR) is 154 cm³/mol. The zero-order chi connectivity index (χ0) is 28.0. The summed E-state index contributed by atoms with van der Waals surface area (Å²) >= 11 is 0. The highest BCUT2D eigenvalue weighted by atomic mass is 32.2. The van der Waals surface area contributed by atoms with Crippen molar-refractivity contribution < 1.29 is 22.6 Å². The molecule has 0 aromatic heterocycles. The van der Waals surface area contributed by atoms with Crippen LogP contribution in [0.1, 0.15) is 81.9 Å². The fourth-order valence-corrected chi connectivity index (χ4v) is 8.95. The molecule has 0 spiro atoms. The first-order chi connectivity index (χ1) is 18.5. The summed E-state index contributed by atoms with van der Waals surface area (Å²) in [6.45, 7) is 8.12. The topological polar surface area (TPSA) is 74.2 Å². The summed E-state index contributed by atoms with van der Waals surface area (Å²) < 4.78 is 48.9. The van der Waals surface area contributed by atoms with E-state index in [1.54, 1.807) is 38.5 Å². The highest BCUT2D eigenvalue weighted by Crippen LogP contribution is 2.66. The molecule has 2 fully saturated rings. The largest absolute Gasteiger partial charge is 0.497 e. The molecule has 212 valence electrons. The number of sulfonamides is 1. The van der Waals surface area contributed by atoms with Crippen LogP contribution in [-0.4, -0.2) is 40.2 Å². The van der Waals surface area contributed by atoms with Crippen LogP contribution in [0.5, 0.6) is 5.75 Å². The smallest absolute Gasteiger partial charge is 0.285 e. The van der Waals surface area contributed by atoms with Crippen LogP contribution in [-0.2, 0) is 25.9 Å². The minimum Gasteiger partial charge on any atom is -0.497 e. The molecule has 2 aromatic rings. The maximum Gasteiger partial charge on any atom is 0.285 e. The van der Waals surface area contributed by atoms with E-state index in [-0.39, 0.29) is 22.3 Å². The van der Waals surface area contributed by atoms with Crippen molar-refractivity contribution in [2.24, 2.45) is 21.6 Å². The Hall–Kier alpha value is -2.38. The Morgan fingerprint density at radius 1 is 1.05 bits per heavy atom. The van der Waals surface area contributed by atoms with Crippen molar-refractivity contribution in [2.45, 2.75) is 95.2 Å². The molecule has 0 N–H and O–H groups in total. The van der Waals surface area contributed by atoms with Crippen molar-refractivity contribution in [3.8, 4) is 5.75 Å². The minimum absolute atomic E-state index is 0.0956. The average molecular weight is 554 g/mol. The number of rotatable bonds is 7. The molecule has 0 aliphatic heterocycles. The second kappa shape index (κ2) is 10.5. The monoisotopic (exact) mass is 553 g/mol. The maximum absolute atomic E-state index is 13.3. The van der Waals surface area contributed by atoms with Crippen LogP contribution < -0.4 is 4.74 Å². The summed E-state index contributed by atoms with van der Waals surface area (Å²) in [6.07, 6.45) is 6.45. The highest BCUT2D eigenvalue weighted by Gasteiger charge is 2.63. The van der Waals surface area contributed by atoms with Crippen LogP contribution in [0.15, 0.2) is 51.8 Å². The molecule has 5 rings (SSSR count). The molecule has 0 heterocycles. The summed E-state index contributed by atoms with van der Waals surface area (Å²) in [4.78, 5) is 0.179. The molecule has 0 radical (unpaired) electrons. The number of hydrogen-bond donors (Lipinski definition) is 0. The Balaban J connectivity index is 1.45. The molecule has 3 aliphatic rings. The van der Waals surface area contributed by atoms with Crippen molar-refractivity contribution >= 4 is 15.9 Å². The number of benzene rings is 2. The maximum atomic E-state index is 13.3. The van der Waals surface area contributed by atoms with Gasteiger partial charge in [-0.2, -0.15) is 8.42 Å². The average Bonchev–Trinajstić information content (AvgIpc) is 3.19. The first-order valence-corrected chi connectivity index (χ1v) is 15.7. The molecule has 2 saturated carbocycles. The van der Waals surface area contributed by atoms with E-state index in [2.05, 4.69) is 29.5 Å². The van der Waals surface area contributed by atoms with Gasteiger partial charge in [0.1, 0.15) is 5.75 Å². The third-order valence-electron chi connectivity index (χ3n) is 9.96. The lowest BCUT2D eigenvalue weighted by molar-refractivity contribution is -0.124. The van der Waals surface area contributed by atoms with Crippen molar-refractivity contribution in [3.05, 3.63) is 59.2 Å². The lowest BCUT2D eigenvalue weighted by Gasteiger charge is -2.54. The van der Waals surface area contributed by atoms with Crippen LogP contribution in [0.2, 0.25) is 0 Å². The third-order valence-corrected chi connectivity index (χ3v) is 11.3. The highest BCUT2D eigenvalue weighted by molar-refractivity contribution is 7.90. The number of nitrogens with zero attached hydrogens (tertiary/aromatic N) is 1. The Bertz CT molecular complexity index is 1330. The summed E-state index contributed by atoms with van der Waals surface area (Å²) in [5.74, 6) is 2.82. The fraction of sp³-hybridized carbons (Fsp3) is 0.594. The van der Waals surface area contributed by atoms with Gasteiger partial charge in [-0.25, -0.2) is 0 Å². The second-order valence-corrected chi connectivity index (χ2v) is 13.9. The van der Waals surface area contributed by atoms with Gasteiger partial charge in [0.15, 0.2) is 0 Å². The molecule has 0 amide bonds. The summed E-state index contributed by atoms with van der Waals surface area (Å²) in [5.41, 5.74) is 3.29. The molecule has 3 aliphatic carbocycles. The first kappa shape index (κ1) is 28.2. The van der Waals surface area contributed by atoms with Crippen molar-refractivity contribution in [1.82, 2.24) is 0 Å². The van der Waals surface area contributed by atoms with Gasteiger partial charge in [0.2, 0.25) is 5.90 Å². The van der Waals surface area contributed by atoms with Crippen LogP contribution in [0.3, 0.4) is 0 Å². The Morgan fingerprint density at radius 2 is 1.79 bits per heavy atom. The number of hydrogen-bond acceptors (Lipinski definition) is 5. The van der Waals surface area contributed by atoms with E-state index in [9.17, 15) is 8.42 Å². The lowest BCUT2D eigenvalue weighted by Crippen LogP contribution is -2.53.